The van der Waals surface area contributed by atoms with Gasteiger partial charge in [-0.05, 0) is 37.0 Å². The zero-order valence-electron chi connectivity index (χ0n) is 12.0. The summed E-state index contributed by atoms with van der Waals surface area (Å²) in [6.45, 7) is 0.746. The first-order valence-corrected chi connectivity index (χ1v) is 8.10. The molecule has 1 aliphatic rings. The Morgan fingerprint density at radius 3 is 2.45 bits per heavy atom. The highest BCUT2D eigenvalue weighted by molar-refractivity contribution is 6.33. The molecule has 3 nitrogen and oxygen atoms in total. The molecule has 1 amide bonds. The second-order valence-corrected chi connectivity index (χ2v) is 6.20. The molecular formula is C17H16Cl2N2O. The van der Waals surface area contributed by atoms with Crippen molar-refractivity contribution in [3.63, 3.8) is 0 Å². The summed E-state index contributed by atoms with van der Waals surface area (Å²) in [6.07, 6.45) is 3.12. The molecule has 1 aromatic heterocycles. The van der Waals surface area contributed by atoms with Crippen molar-refractivity contribution in [2.75, 3.05) is 6.54 Å². The Bertz CT molecular complexity index is 655. The number of benzene rings is 1. The van der Waals surface area contributed by atoms with Crippen molar-refractivity contribution in [1.82, 2.24) is 9.88 Å². The Hall–Kier alpha value is -1.58. The van der Waals surface area contributed by atoms with Crippen molar-refractivity contribution in [3.05, 3.63) is 63.9 Å². The largest absolute Gasteiger partial charge is 0.332 e. The van der Waals surface area contributed by atoms with Crippen molar-refractivity contribution < 1.29 is 4.79 Å². The van der Waals surface area contributed by atoms with Gasteiger partial charge in [0.1, 0.15) is 10.3 Å². The SMILES string of the molecule is O=C(c1cc(Cl)nc(Cl)c1)N1CCCC[C@H]1c1ccccc1. The van der Waals surface area contributed by atoms with Crippen LogP contribution in [-0.2, 0) is 0 Å². The van der Waals surface area contributed by atoms with E-state index in [0.717, 1.165) is 25.8 Å². The van der Waals surface area contributed by atoms with Crippen molar-refractivity contribution >= 4 is 29.1 Å². The normalized spacial score (nSPS) is 18.3. The Balaban J connectivity index is 1.91. The number of amides is 1. The lowest BCUT2D eigenvalue weighted by Crippen LogP contribution is -2.38. The maximum Gasteiger partial charge on any atom is 0.254 e. The monoisotopic (exact) mass is 334 g/mol. The molecule has 22 heavy (non-hydrogen) atoms. The van der Waals surface area contributed by atoms with Crippen molar-refractivity contribution in [2.24, 2.45) is 0 Å². The summed E-state index contributed by atoms with van der Waals surface area (Å²) in [4.78, 5) is 18.7. The van der Waals surface area contributed by atoms with E-state index < -0.39 is 0 Å². The number of rotatable bonds is 2. The fraction of sp³-hybridized carbons (Fsp3) is 0.294. The van der Waals surface area contributed by atoms with Gasteiger partial charge in [-0.15, -0.1) is 0 Å². The van der Waals surface area contributed by atoms with E-state index in [2.05, 4.69) is 17.1 Å². The number of hydrogen-bond donors (Lipinski definition) is 0. The van der Waals surface area contributed by atoms with E-state index in [4.69, 9.17) is 23.2 Å². The van der Waals surface area contributed by atoms with Gasteiger partial charge in [0.25, 0.3) is 5.91 Å². The molecule has 1 aromatic carbocycles. The van der Waals surface area contributed by atoms with Crippen LogP contribution in [0, 0.1) is 0 Å². The van der Waals surface area contributed by atoms with E-state index in [-0.39, 0.29) is 22.3 Å². The number of piperidine rings is 1. The number of nitrogens with zero attached hydrogens (tertiary/aromatic N) is 2. The van der Waals surface area contributed by atoms with E-state index in [9.17, 15) is 4.79 Å². The number of halogens is 2. The lowest BCUT2D eigenvalue weighted by molar-refractivity contribution is 0.0611. The highest BCUT2D eigenvalue weighted by Gasteiger charge is 2.28. The van der Waals surface area contributed by atoms with Gasteiger partial charge in [0.05, 0.1) is 6.04 Å². The first-order chi connectivity index (χ1) is 10.6. The Morgan fingerprint density at radius 2 is 1.77 bits per heavy atom. The molecule has 114 valence electrons. The first kappa shape index (κ1) is 15.3. The summed E-state index contributed by atoms with van der Waals surface area (Å²) in [5.41, 5.74) is 1.66. The molecule has 0 saturated carbocycles. The predicted molar refractivity (Wildman–Crippen MR) is 88.3 cm³/mol. The van der Waals surface area contributed by atoms with Crippen molar-refractivity contribution in [3.8, 4) is 0 Å². The lowest BCUT2D eigenvalue weighted by Gasteiger charge is -2.36. The van der Waals surface area contributed by atoms with E-state index >= 15 is 0 Å². The van der Waals surface area contributed by atoms with Crippen LogP contribution in [0.3, 0.4) is 0 Å². The van der Waals surface area contributed by atoms with Crippen molar-refractivity contribution in [2.45, 2.75) is 25.3 Å². The number of aromatic nitrogens is 1. The van der Waals surface area contributed by atoms with E-state index in [0.29, 0.717) is 5.56 Å². The third-order valence-corrected chi connectivity index (χ3v) is 4.35. The van der Waals surface area contributed by atoms with Gasteiger partial charge in [0.2, 0.25) is 0 Å². The van der Waals surface area contributed by atoms with Crippen LogP contribution in [0.2, 0.25) is 10.3 Å². The van der Waals surface area contributed by atoms with Crippen LogP contribution in [-0.4, -0.2) is 22.3 Å². The second kappa shape index (κ2) is 6.67. The number of hydrogen-bond acceptors (Lipinski definition) is 2. The summed E-state index contributed by atoms with van der Waals surface area (Å²) in [7, 11) is 0. The summed E-state index contributed by atoms with van der Waals surface area (Å²) in [5, 5.41) is 0.480. The number of carbonyl (C=O) groups is 1. The quantitative estimate of drug-likeness (QED) is 0.742. The summed E-state index contributed by atoms with van der Waals surface area (Å²) in [5.74, 6) is -0.0419. The minimum absolute atomic E-state index is 0.0419. The predicted octanol–water partition coefficient (Wildman–Crippen LogP) is 4.76. The lowest BCUT2D eigenvalue weighted by atomic mass is 9.94. The summed E-state index contributed by atoms with van der Waals surface area (Å²) < 4.78 is 0. The average molecular weight is 335 g/mol. The molecule has 0 bridgehead atoms. The molecule has 1 aliphatic heterocycles. The molecule has 3 rings (SSSR count). The number of carbonyl (C=O) groups excluding carboxylic acids is 1. The van der Waals surface area contributed by atoms with Crippen LogP contribution < -0.4 is 0 Å². The van der Waals surface area contributed by atoms with Gasteiger partial charge in [-0.1, -0.05) is 53.5 Å². The molecule has 1 saturated heterocycles. The van der Waals surface area contributed by atoms with Gasteiger partial charge >= 0.3 is 0 Å². The van der Waals surface area contributed by atoms with Crippen molar-refractivity contribution in [1.29, 1.82) is 0 Å². The van der Waals surface area contributed by atoms with E-state index in [1.54, 1.807) is 12.1 Å². The molecule has 2 heterocycles. The first-order valence-electron chi connectivity index (χ1n) is 7.34. The molecule has 0 spiro atoms. The highest BCUT2D eigenvalue weighted by Crippen LogP contribution is 2.32. The molecule has 1 atom stereocenters. The average Bonchev–Trinajstić information content (AvgIpc) is 2.54. The Morgan fingerprint density at radius 1 is 1.09 bits per heavy atom. The number of likely N-dealkylation sites (tertiary alicyclic amines) is 1. The highest BCUT2D eigenvalue weighted by atomic mass is 35.5. The summed E-state index contributed by atoms with van der Waals surface area (Å²) >= 11 is 11.8. The van der Waals surface area contributed by atoms with Gasteiger partial charge in [-0.2, -0.15) is 0 Å². The van der Waals surface area contributed by atoms with Crippen LogP contribution in [0.15, 0.2) is 42.5 Å². The van der Waals surface area contributed by atoms with Crippen LogP contribution in [0.5, 0.6) is 0 Å². The molecular weight excluding hydrogens is 319 g/mol. The minimum Gasteiger partial charge on any atom is -0.332 e. The molecule has 1 fully saturated rings. The molecule has 0 radical (unpaired) electrons. The van der Waals surface area contributed by atoms with Crippen LogP contribution in [0.4, 0.5) is 0 Å². The molecule has 5 heteroatoms. The van der Waals surface area contributed by atoms with Gasteiger partial charge in [-0.3, -0.25) is 4.79 Å². The topological polar surface area (TPSA) is 33.2 Å². The van der Waals surface area contributed by atoms with Crippen LogP contribution in [0.1, 0.15) is 41.2 Å². The van der Waals surface area contributed by atoms with Crippen LogP contribution >= 0.6 is 23.2 Å². The Kier molecular flexibility index (Phi) is 4.65. The van der Waals surface area contributed by atoms with E-state index in [1.807, 2.05) is 23.1 Å². The van der Waals surface area contributed by atoms with Gasteiger partial charge in [0.15, 0.2) is 0 Å². The van der Waals surface area contributed by atoms with Gasteiger partial charge < -0.3 is 4.90 Å². The smallest absolute Gasteiger partial charge is 0.254 e. The second-order valence-electron chi connectivity index (χ2n) is 5.42. The Labute approximate surface area is 139 Å². The maximum absolute atomic E-state index is 12.9. The zero-order valence-corrected chi connectivity index (χ0v) is 13.5. The summed E-state index contributed by atoms with van der Waals surface area (Å²) in [6, 6.07) is 13.4. The standard InChI is InChI=1S/C17H16Cl2N2O/c18-15-10-13(11-16(19)20-15)17(22)21-9-5-4-8-14(21)12-6-2-1-3-7-12/h1-3,6-7,10-11,14H,4-5,8-9H2/t14-/m0/s1. The molecule has 2 aromatic rings. The molecule has 0 unspecified atom stereocenters. The third-order valence-electron chi connectivity index (χ3n) is 3.96. The van der Waals surface area contributed by atoms with Gasteiger partial charge in [-0.25, -0.2) is 4.98 Å². The third kappa shape index (κ3) is 3.26. The fourth-order valence-corrected chi connectivity index (χ4v) is 3.41. The maximum atomic E-state index is 12.9. The molecule has 0 N–H and O–H groups in total. The van der Waals surface area contributed by atoms with E-state index in [1.165, 1.54) is 5.56 Å². The molecule has 0 aliphatic carbocycles. The zero-order chi connectivity index (χ0) is 15.5. The minimum atomic E-state index is -0.0419. The van der Waals surface area contributed by atoms with Gasteiger partial charge in [0, 0.05) is 12.1 Å². The fourth-order valence-electron chi connectivity index (χ4n) is 2.95. The number of pyridine rings is 1. The van der Waals surface area contributed by atoms with Crippen LogP contribution in [0.25, 0.3) is 0 Å².